The Morgan fingerprint density at radius 2 is 1.68 bits per heavy atom. The second-order valence-corrected chi connectivity index (χ2v) is 7.51. The zero-order valence-electron chi connectivity index (χ0n) is 13.0. The fourth-order valence-electron chi connectivity index (χ4n) is 1.85. The van der Waals surface area contributed by atoms with Crippen LogP contribution in [0.3, 0.4) is 0 Å². The van der Waals surface area contributed by atoms with E-state index in [9.17, 15) is 4.39 Å². The molecule has 0 atom stereocenters. The Morgan fingerprint density at radius 1 is 0.960 bits per heavy atom. The highest BCUT2D eigenvalue weighted by molar-refractivity contribution is 8.02. The highest BCUT2D eigenvalue weighted by Gasteiger charge is 2.07. The molecule has 0 aliphatic heterocycles. The molecule has 25 heavy (non-hydrogen) atoms. The van der Waals surface area contributed by atoms with Gasteiger partial charge >= 0.3 is 0 Å². The Morgan fingerprint density at radius 3 is 2.44 bits per heavy atom. The van der Waals surface area contributed by atoms with Crippen LogP contribution in [0.1, 0.15) is 5.89 Å². The summed E-state index contributed by atoms with van der Waals surface area (Å²) in [5.41, 5.74) is 0. The van der Waals surface area contributed by atoms with Gasteiger partial charge in [0.25, 0.3) is 11.1 Å². The minimum absolute atomic E-state index is 0.208. The van der Waals surface area contributed by atoms with Crippen molar-refractivity contribution in [2.45, 2.75) is 16.7 Å². The molecule has 0 aliphatic carbocycles. The fourth-order valence-corrected chi connectivity index (χ4v) is 3.64. The lowest BCUT2D eigenvalue weighted by Gasteiger charge is -2.02. The number of ether oxygens (including phenoxy) is 1. The molecule has 2 aromatic carbocycles. The summed E-state index contributed by atoms with van der Waals surface area (Å²) < 4.78 is 23.9. The summed E-state index contributed by atoms with van der Waals surface area (Å²) >= 11 is 8.95. The van der Waals surface area contributed by atoms with Crippen molar-refractivity contribution in [2.24, 2.45) is 0 Å². The summed E-state index contributed by atoms with van der Waals surface area (Å²) in [7, 11) is 0. The lowest BCUT2D eigenvalue weighted by Crippen LogP contribution is -1.95. The molecular formula is C17H14ClFN2O2S2. The van der Waals surface area contributed by atoms with Gasteiger partial charge in [0.05, 0.1) is 0 Å². The average Bonchev–Trinajstić information content (AvgIpc) is 3.08. The van der Waals surface area contributed by atoms with E-state index in [0.29, 0.717) is 21.9 Å². The molecule has 1 aromatic heterocycles. The third-order valence-corrected chi connectivity index (χ3v) is 5.36. The number of nitrogens with zero attached hydrogens (tertiary/aromatic N) is 2. The summed E-state index contributed by atoms with van der Waals surface area (Å²) in [6.07, 6.45) is 0. The molecule has 0 unspecified atom stereocenters. The molecule has 130 valence electrons. The largest absolute Gasteiger partial charge is 0.484 e. The van der Waals surface area contributed by atoms with Crippen LogP contribution in [0.5, 0.6) is 5.75 Å². The molecule has 1 heterocycles. The number of benzene rings is 2. The van der Waals surface area contributed by atoms with Gasteiger partial charge in [-0.25, -0.2) is 4.39 Å². The predicted molar refractivity (Wildman–Crippen MR) is 97.9 cm³/mol. The van der Waals surface area contributed by atoms with Crippen molar-refractivity contribution in [3.8, 4) is 5.75 Å². The normalized spacial score (nSPS) is 10.8. The second-order valence-electron chi connectivity index (χ2n) is 4.86. The van der Waals surface area contributed by atoms with E-state index in [2.05, 4.69) is 10.2 Å². The SMILES string of the molecule is Fc1ccc(SCCSc2nnc(COc3ccc(Cl)cc3)o2)cc1. The number of aromatic nitrogens is 2. The van der Waals surface area contributed by atoms with Gasteiger partial charge in [0.2, 0.25) is 0 Å². The van der Waals surface area contributed by atoms with E-state index >= 15 is 0 Å². The minimum Gasteiger partial charge on any atom is -0.484 e. The molecule has 0 radical (unpaired) electrons. The van der Waals surface area contributed by atoms with Gasteiger partial charge in [-0.3, -0.25) is 0 Å². The molecule has 8 heteroatoms. The summed E-state index contributed by atoms with van der Waals surface area (Å²) in [6.45, 7) is 0.208. The maximum atomic E-state index is 12.8. The van der Waals surface area contributed by atoms with Crippen molar-refractivity contribution in [3.05, 3.63) is 65.3 Å². The van der Waals surface area contributed by atoms with Crippen LogP contribution in [0.2, 0.25) is 5.02 Å². The van der Waals surface area contributed by atoms with Gasteiger partial charge in [-0.05, 0) is 48.5 Å². The first-order valence-electron chi connectivity index (χ1n) is 7.41. The zero-order valence-corrected chi connectivity index (χ0v) is 15.4. The van der Waals surface area contributed by atoms with E-state index in [1.54, 1.807) is 48.2 Å². The maximum absolute atomic E-state index is 12.8. The van der Waals surface area contributed by atoms with E-state index in [-0.39, 0.29) is 12.4 Å². The van der Waals surface area contributed by atoms with Crippen LogP contribution in [0, 0.1) is 5.82 Å². The van der Waals surface area contributed by atoms with Crippen molar-refractivity contribution >= 4 is 35.1 Å². The molecule has 4 nitrogen and oxygen atoms in total. The Kier molecular flexibility index (Phi) is 6.61. The standard InChI is InChI=1S/C17H14ClFN2O2S2/c18-12-1-5-14(6-2-12)22-11-16-20-21-17(23-16)25-10-9-24-15-7-3-13(19)4-8-15/h1-8H,9-11H2. The average molecular weight is 397 g/mol. The van der Waals surface area contributed by atoms with Crippen molar-refractivity contribution in [3.63, 3.8) is 0 Å². The van der Waals surface area contributed by atoms with Crippen LogP contribution in [-0.4, -0.2) is 21.7 Å². The number of halogens is 2. The molecule has 0 N–H and O–H groups in total. The van der Waals surface area contributed by atoms with Gasteiger partial charge in [-0.2, -0.15) is 0 Å². The Hall–Kier alpha value is -1.70. The monoisotopic (exact) mass is 396 g/mol. The Bertz CT molecular complexity index is 797. The van der Waals surface area contributed by atoms with Crippen LogP contribution in [0.4, 0.5) is 4.39 Å². The first-order chi connectivity index (χ1) is 12.2. The van der Waals surface area contributed by atoms with Crippen molar-refractivity contribution in [1.82, 2.24) is 10.2 Å². The number of hydrogen-bond donors (Lipinski definition) is 0. The van der Waals surface area contributed by atoms with E-state index in [1.165, 1.54) is 23.9 Å². The molecule has 0 spiro atoms. The number of thioether (sulfide) groups is 2. The number of hydrogen-bond acceptors (Lipinski definition) is 6. The molecular weight excluding hydrogens is 383 g/mol. The summed E-state index contributed by atoms with van der Waals surface area (Å²) in [4.78, 5) is 1.03. The van der Waals surface area contributed by atoms with Crippen LogP contribution in [0.15, 0.2) is 63.1 Å². The van der Waals surface area contributed by atoms with E-state index < -0.39 is 0 Å². The Balaban J connectivity index is 1.39. The van der Waals surface area contributed by atoms with Crippen molar-refractivity contribution in [1.29, 1.82) is 0 Å². The smallest absolute Gasteiger partial charge is 0.276 e. The fraction of sp³-hybridized carbons (Fsp3) is 0.176. The third kappa shape index (κ3) is 5.95. The molecule has 0 amide bonds. The van der Waals surface area contributed by atoms with Gasteiger partial charge < -0.3 is 9.15 Å². The van der Waals surface area contributed by atoms with E-state index in [1.807, 2.05) is 0 Å². The van der Waals surface area contributed by atoms with Gasteiger partial charge in [-0.1, -0.05) is 23.4 Å². The minimum atomic E-state index is -0.224. The van der Waals surface area contributed by atoms with Gasteiger partial charge in [0.15, 0.2) is 6.61 Å². The lowest BCUT2D eigenvalue weighted by molar-refractivity contribution is 0.252. The summed E-state index contributed by atoms with van der Waals surface area (Å²) in [5.74, 6) is 2.55. The molecule has 0 fully saturated rings. The van der Waals surface area contributed by atoms with E-state index in [4.69, 9.17) is 20.8 Å². The molecule has 0 bridgehead atoms. The quantitative estimate of drug-likeness (QED) is 0.379. The van der Waals surface area contributed by atoms with Crippen molar-refractivity contribution in [2.75, 3.05) is 11.5 Å². The predicted octanol–water partition coefficient (Wildman–Crippen LogP) is 5.33. The first kappa shape index (κ1) is 18.1. The molecule has 0 saturated carbocycles. The topological polar surface area (TPSA) is 48.2 Å². The van der Waals surface area contributed by atoms with Crippen LogP contribution < -0.4 is 4.74 Å². The highest BCUT2D eigenvalue weighted by atomic mass is 35.5. The van der Waals surface area contributed by atoms with Crippen LogP contribution in [-0.2, 0) is 6.61 Å². The van der Waals surface area contributed by atoms with Gasteiger partial charge in [0, 0.05) is 21.4 Å². The summed E-state index contributed by atoms with van der Waals surface area (Å²) in [5, 5.41) is 9.11. The molecule has 3 aromatic rings. The molecule has 0 aliphatic rings. The van der Waals surface area contributed by atoms with Crippen LogP contribution >= 0.6 is 35.1 Å². The maximum Gasteiger partial charge on any atom is 0.276 e. The second kappa shape index (κ2) is 9.12. The van der Waals surface area contributed by atoms with Gasteiger partial charge in [0.1, 0.15) is 11.6 Å². The van der Waals surface area contributed by atoms with Crippen LogP contribution in [0.25, 0.3) is 0 Å². The first-order valence-corrected chi connectivity index (χ1v) is 9.76. The Labute approximate surface area is 158 Å². The highest BCUT2D eigenvalue weighted by Crippen LogP contribution is 2.23. The van der Waals surface area contributed by atoms with Crippen molar-refractivity contribution < 1.29 is 13.5 Å². The third-order valence-electron chi connectivity index (χ3n) is 3.02. The number of rotatable bonds is 8. The van der Waals surface area contributed by atoms with E-state index in [0.717, 1.165) is 16.4 Å². The zero-order chi connectivity index (χ0) is 17.5. The lowest BCUT2D eigenvalue weighted by atomic mass is 10.3. The van der Waals surface area contributed by atoms with Gasteiger partial charge in [-0.15, -0.1) is 22.0 Å². The summed E-state index contributed by atoms with van der Waals surface area (Å²) in [6, 6.07) is 13.5. The molecule has 3 rings (SSSR count). The molecule has 0 saturated heterocycles.